The predicted molar refractivity (Wildman–Crippen MR) is 154 cm³/mol. The van der Waals surface area contributed by atoms with Crippen LogP contribution < -0.4 is 20.1 Å². The molecule has 2 N–H and O–H groups in total. The molecular weight excluding hydrogens is 536 g/mol. The third-order valence-electron chi connectivity index (χ3n) is 6.72. The lowest BCUT2D eigenvalue weighted by molar-refractivity contribution is -0.128. The van der Waals surface area contributed by atoms with E-state index in [1.165, 1.54) is 11.8 Å². The lowest BCUT2D eigenvalue weighted by atomic mass is 9.87. The fraction of sp³-hybridized carbons (Fsp3) is 0.379. The summed E-state index contributed by atoms with van der Waals surface area (Å²) in [5.41, 5.74) is 2.76. The Morgan fingerprint density at radius 1 is 1.08 bits per heavy atom. The van der Waals surface area contributed by atoms with Crippen molar-refractivity contribution >= 4 is 35.1 Å². The smallest absolute Gasteiger partial charge is 0.231 e. The van der Waals surface area contributed by atoms with Gasteiger partial charge in [0.05, 0.1) is 26.0 Å². The molecule has 0 spiro atoms. The normalized spacial score (nSPS) is 15.8. The Balaban J connectivity index is 1.34. The number of piperidine rings is 1. The molecule has 0 saturated carbocycles. The summed E-state index contributed by atoms with van der Waals surface area (Å²) in [4.78, 5) is 35.0. The summed E-state index contributed by atoms with van der Waals surface area (Å²) < 4.78 is 10.7. The zero-order valence-corrected chi connectivity index (χ0v) is 23.7. The number of ether oxygens (including phenoxy) is 2. The van der Waals surface area contributed by atoms with Crippen molar-refractivity contribution in [1.82, 2.24) is 20.6 Å². The summed E-state index contributed by atoms with van der Waals surface area (Å²) in [6, 6.07) is 12.6. The molecule has 0 aliphatic carbocycles. The van der Waals surface area contributed by atoms with Gasteiger partial charge in [-0.2, -0.15) is 0 Å². The Hall–Kier alpha value is -3.14. The van der Waals surface area contributed by atoms with Gasteiger partial charge >= 0.3 is 0 Å². The van der Waals surface area contributed by atoms with E-state index in [1.807, 2.05) is 42.5 Å². The van der Waals surface area contributed by atoms with Gasteiger partial charge in [0.25, 0.3) is 0 Å². The molecule has 2 aromatic carbocycles. The highest BCUT2D eigenvalue weighted by molar-refractivity contribution is 7.99. The third kappa shape index (κ3) is 8.17. The molecule has 8 nitrogen and oxygen atoms in total. The maximum absolute atomic E-state index is 13.2. The minimum atomic E-state index is -0.522. The molecule has 4 rings (SSSR count). The van der Waals surface area contributed by atoms with Gasteiger partial charge in [-0.15, -0.1) is 0 Å². The molecule has 1 aliphatic heterocycles. The lowest BCUT2D eigenvalue weighted by Crippen LogP contribution is -2.51. The Bertz CT molecular complexity index is 1250. The number of carbonyl (C=O) groups excluding carboxylic acids is 2. The first-order valence-electron chi connectivity index (χ1n) is 12.9. The number of thioether (sulfide) groups is 1. The lowest BCUT2D eigenvalue weighted by Gasteiger charge is -2.30. The van der Waals surface area contributed by atoms with Crippen molar-refractivity contribution in [3.8, 4) is 22.6 Å². The van der Waals surface area contributed by atoms with E-state index in [-0.39, 0.29) is 23.4 Å². The number of methoxy groups -OCH3 is 2. The van der Waals surface area contributed by atoms with Crippen LogP contribution in [-0.4, -0.2) is 60.8 Å². The van der Waals surface area contributed by atoms with Crippen molar-refractivity contribution in [2.45, 2.75) is 36.9 Å². The van der Waals surface area contributed by atoms with Crippen LogP contribution in [0.4, 0.5) is 0 Å². The zero-order valence-electron chi connectivity index (χ0n) is 22.1. The van der Waals surface area contributed by atoms with Crippen molar-refractivity contribution in [2.75, 3.05) is 33.1 Å². The first-order valence-corrected chi connectivity index (χ1v) is 14.3. The van der Waals surface area contributed by atoms with Crippen LogP contribution >= 0.6 is 23.4 Å². The quantitative estimate of drug-likeness (QED) is 0.241. The van der Waals surface area contributed by atoms with Gasteiger partial charge in [-0.3, -0.25) is 9.59 Å². The molecule has 1 aliphatic rings. The van der Waals surface area contributed by atoms with Gasteiger partial charge in [0.2, 0.25) is 5.91 Å². The number of nitrogens with zero attached hydrogens (tertiary/aromatic N) is 2. The van der Waals surface area contributed by atoms with Crippen molar-refractivity contribution < 1.29 is 19.1 Å². The van der Waals surface area contributed by atoms with Crippen LogP contribution in [0.2, 0.25) is 5.02 Å². The molecule has 39 heavy (non-hydrogen) atoms. The van der Waals surface area contributed by atoms with Crippen LogP contribution in [0.5, 0.6) is 11.5 Å². The average molecular weight is 569 g/mol. The van der Waals surface area contributed by atoms with Crippen molar-refractivity contribution in [3.63, 3.8) is 0 Å². The SMILES string of the molecule is COc1ccc(-c2cnc(SCC(=O)NC(C(=O)CCc3ccc(Cl)cc3)C3CCCNC3)nc2)cc1OC. The molecule has 1 amide bonds. The fourth-order valence-electron chi connectivity index (χ4n) is 4.60. The maximum atomic E-state index is 13.2. The van der Waals surface area contributed by atoms with Crippen LogP contribution in [0.15, 0.2) is 60.0 Å². The van der Waals surface area contributed by atoms with Gasteiger partial charge in [0.1, 0.15) is 0 Å². The number of Topliss-reactive ketones (excluding diaryl/α,β-unsaturated/α-hetero) is 1. The van der Waals surface area contributed by atoms with E-state index in [9.17, 15) is 9.59 Å². The highest BCUT2D eigenvalue weighted by atomic mass is 35.5. The topological polar surface area (TPSA) is 102 Å². The Morgan fingerprint density at radius 2 is 1.82 bits per heavy atom. The van der Waals surface area contributed by atoms with E-state index >= 15 is 0 Å². The first kappa shape index (κ1) is 28.9. The summed E-state index contributed by atoms with van der Waals surface area (Å²) in [7, 11) is 3.18. The molecule has 0 radical (unpaired) electrons. The second-order valence-electron chi connectivity index (χ2n) is 9.36. The maximum Gasteiger partial charge on any atom is 0.231 e. The fourth-order valence-corrected chi connectivity index (χ4v) is 5.32. The van der Waals surface area contributed by atoms with Gasteiger partial charge < -0.3 is 20.1 Å². The number of aromatic nitrogens is 2. The van der Waals surface area contributed by atoms with E-state index in [2.05, 4.69) is 20.6 Å². The number of rotatable bonds is 12. The summed E-state index contributed by atoms with van der Waals surface area (Å²) in [6.07, 6.45) is 6.28. The van der Waals surface area contributed by atoms with Gasteiger partial charge in [-0.25, -0.2) is 9.97 Å². The molecule has 2 atom stereocenters. The van der Waals surface area contributed by atoms with Crippen LogP contribution in [-0.2, 0) is 16.0 Å². The number of hydrogen-bond acceptors (Lipinski definition) is 8. The Morgan fingerprint density at radius 3 is 2.49 bits per heavy atom. The molecule has 206 valence electrons. The molecule has 1 saturated heterocycles. The van der Waals surface area contributed by atoms with Crippen LogP contribution in [0.25, 0.3) is 11.1 Å². The van der Waals surface area contributed by atoms with E-state index in [4.69, 9.17) is 21.1 Å². The molecule has 10 heteroatoms. The van der Waals surface area contributed by atoms with Crippen molar-refractivity contribution in [3.05, 3.63) is 65.4 Å². The number of carbonyl (C=O) groups is 2. The van der Waals surface area contributed by atoms with Gasteiger partial charge in [-0.05, 0) is 67.1 Å². The summed E-state index contributed by atoms with van der Waals surface area (Å²) >= 11 is 7.21. The number of halogens is 1. The first-order chi connectivity index (χ1) is 19.0. The second-order valence-corrected chi connectivity index (χ2v) is 10.7. The molecule has 2 unspecified atom stereocenters. The van der Waals surface area contributed by atoms with Crippen molar-refractivity contribution in [1.29, 1.82) is 0 Å². The highest BCUT2D eigenvalue weighted by Gasteiger charge is 2.30. The van der Waals surface area contributed by atoms with Gasteiger partial charge in [-0.1, -0.05) is 41.6 Å². The summed E-state index contributed by atoms with van der Waals surface area (Å²) in [5.74, 6) is 1.30. The van der Waals surface area contributed by atoms with Crippen LogP contribution in [0.1, 0.15) is 24.8 Å². The van der Waals surface area contributed by atoms with E-state index in [0.717, 1.165) is 36.1 Å². The van der Waals surface area contributed by atoms with Gasteiger partial charge in [0.15, 0.2) is 22.4 Å². The molecule has 3 aromatic rings. The van der Waals surface area contributed by atoms with E-state index in [1.54, 1.807) is 26.6 Å². The number of ketones is 1. The molecular formula is C29H33ClN4O4S. The largest absolute Gasteiger partial charge is 0.493 e. The van der Waals surface area contributed by atoms with Gasteiger partial charge in [0, 0.05) is 35.9 Å². The third-order valence-corrected chi connectivity index (χ3v) is 7.85. The Kier molecular flexibility index (Phi) is 10.6. The molecule has 1 aromatic heterocycles. The minimum Gasteiger partial charge on any atom is -0.493 e. The number of nitrogens with one attached hydrogen (secondary N) is 2. The Labute approximate surface area is 238 Å². The van der Waals surface area contributed by atoms with E-state index < -0.39 is 6.04 Å². The summed E-state index contributed by atoms with van der Waals surface area (Å²) in [6.45, 7) is 1.65. The highest BCUT2D eigenvalue weighted by Crippen LogP contribution is 2.32. The number of hydrogen-bond donors (Lipinski definition) is 2. The molecule has 1 fully saturated rings. The molecule has 0 bridgehead atoms. The van der Waals surface area contributed by atoms with Crippen LogP contribution in [0.3, 0.4) is 0 Å². The monoisotopic (exact) mass is 568 g/mol. The average Bonchev–Trinajstić information content (AvgIpc) is 2.98. The number of amides is 1. The standard InChI is InChI=1S/C29H33ClN4O4S/c1-37-25-12-8-20(14-26(25)38-2)22-16-32-29(33-17-22)39-18-27(36)34-28(21-4-3-13-31-15-21)24(35)11-7-19-5-9-23(30)10-6-19/h5-6,8-10,12,14,16-17,21,28,31H,3-4,7,11,13,15,18H2,1-2H3,(H,34,36). The van der Waals surface area contributed by atoms with Crippen LogP contribution in [0, 0.1) is 5.92 Å². The van der Waals surface area contributed by atoms with E-state index in [0.29, 0.717) is 41.1 Å². The predicted octanol–water partition coefficient (Wildman–Crippen LogP) is 4.59. The summed E-state index contributed by atoms with van der Waals surface area (Å²) in [5, 5.41) is 7.52. The second kappa shape index (κ2) is 14.3. The number of aryl methyl sites for hydroxylation is 1. The minimum absolute atomic E-state index is 0.0486. The zero-order chi connectivity index (χ0) is 27.6. The number of benzene rings is 2. The molecule has 2 heterocycles. The van der Waals surface area contributed by atoms with Crippen molar-refractivity contribution in [2.24, 2.45) is 5.92 Å².